The Labute approximate surface area is 126 Å². The highest BCUT2D eigenvalue weighted by Gasteiger charge is 2.15. The molecule has 1 N–H and O–H groups in total. The molecule has 2 rings (SSSR count). The number of imidazole rings is 1. The molecule has 0 aliphatic carbocycles. The Morgan fingerprint density at radius 3 is 2.80 bits per heavy atom. The second-order valence-electron chi connectivity index (χ2n) is 5.09. The number of halogens is 1. The van der Waals surface area contributed by atoms with E-state index in [1.807, 2.05) is 25.1 Å². The van der Waals surface area contributed by atoms with E-state index in [0.29, 0.717) is 0 Å². The van der Waals surface area contributed by atoms with Crippen LogP contribution in [0.1, 0.15) is 44.0 Å². The highest BCUT2D eigenvalue weighted by Crippen LogP contribution is 2.28. The van der Waals surface area contributed by atoms with Gasteiger partial charge in [-0.05, 0) is 31.9 Å². The maximum atomic E-state index is 6.30. The molecule has 2 aromatic rings. The molecule has 1 atom stereocenters. The lowest BCUT2D eigenvalue weighted by Gasteiger charge is -2.18. The second kappa shape index (κ2) is 6.80. The Hall–Kier alpha value is -1.48. The Balaban J connectivity index is 2.25. The fourth-order valence-electron chi connectivity index (χ4n) is 2.28. The van der Waals surface area contributed by atoms with Gasteiger partial charge in [0.25, 0.3) is 0 Å². The summed E-state index contributed by atoms with van der Waals surface area (Å²) in [5.74, 6) is 0.920. The standard InChI is InChI=1S/C16H22ClN3/c1-4-5-10-18-16-19-12(2)11-20(16)13(3)14-8-6-7-9-15(14)17/h6-9,11,13H,4-5,10H2,1-3H3,(H,18,19). The summed E-state index contributed by atoms with van der Waals surface area (Å²) >= 11 is 6.30. The summed E-state index contributed by atoms with van der Waals surface area (Å²) in [4.78, 5) is 4.57. The number of anilines is 1. The van der Waals surface area contributed by atoms with Crippen LogP contribution >= 0.6 is 11.6 Å². The van der Waals surface area contributed by atoms with Crippen LogP contribution in [0.15, 0.2) is 30.5 Å². The molecule has 1 aromatic carbocycles. The first kappa shape index (κ1) is 14.9. The van der Waals surface area contributed by atoms with Crippen molar-refractivity contribution in [1.82, 2.24) is 9.55 Å². The van der Waals surface area contributed by atoms with E-state index in [0.717, 1.165) is 35.2 Å². The number of nitrogens with one attached hydrogen (secondary N) is 1. The molecule has 0 bridgehead atoms. The van der Waals surface area contributed by atoms with Crippen molar-refractivity contribution in [3.8, 4) is 0 Å². The second-order valence-corrected chi connectivity index (χ2v) is 5.50. The summed E-state index contributed by atoms with van der Waals surface area (Å²) in [6, 6.07) is 8.14. The molecule has 0 spiro atoms. The van der Waals surface area contributed by atoms with Crippen LogP contribution in [0.3, 0.4) is 0 Å². The van der Waals surface area contributed by atoms with Crippen LogP contribution in [0.4, 0.5) is 5.95 Å². The molecule has 1 heterocycles. The summed E-state index contributed by atoms with van der Waals surface area (Å²) < 4.78 is 2.16. The number of unbranched alkanes of at least 4 members (excludes halogenated alkanes) is 1. The van der Waals surface area contributed by atoms with Gasteiger partial charge in [-0.2, -0.15) is 0 Å². The largest absolute Gasteiger partial charge is 0.356 e. The van der Waals surface area contributed by atoms with Crippen molar-refractivity contribution in [3.63, 3.8) is 0 Å². The number of rotatable bonds is 6. The highest BCUT2D eigenvalue weighted by atomic mass is 35.5. The van der Waals surface area contributed by atoms with Crippen LogP contribution < -0.4 is 5.32 Å². The average molecular weight is 292 g/mol. The van der Waals surface area contributed by atoms with Crippen molar-refractivity contribution in [2.45, 2.75) is 39.7 Å². The third-order valence-corrected chi connectivity index (χ3v) is 3.78. The third kappa shape index (κ3) is 3.34. The van der Waals surface area contributed by atoms with E-state index in [4.69, 9.17) is 11.6 Å². The molecule has 4 heteroatoms. The van der Waals surface area contributed by atoms with Crippen LogP contribution in [-0.2, 0) is 0 Å². The first-order valence-electron chi connectivity index (χ1n) is 7.17. The van der Waals surface area contributed by atoms with E-state index < -0.39 is 0 Å². The number of hydrogen-bond donors (Lipinski definition) is 1. The van der Waals surface area contributed by atoms with Crippen LogP contribution in [0, 0.1) is 6.92 Å². The summed E-state index contributed by atoms with van der Waals surface area (Å²) in [5, 5.41) is 4.21. The van der Waals surface area contributed by atoms with Gasteiger partial charge in [-0.25, -0.2) is 4.98 Å². The van der Waals surface area contributed by atoms with Gasteiger partial charge < -0.3 is 9.88 Å². The molecule has 0 aliphatic rings. The van der Waals surface area contributed by atoms with Gasteiger partial charge in [0, 0.05) is 17.8 Å². The molecule has 20 heavy (non-hydrogen) atoms. The summed E-state index contributed by atoms with van der Waals surface area (Å²) in [7, 11) is 0. The van der Waals surface area contributed by atoms with Gasteiger partial charge in [0.05, 0.1) is 11.7 Å². The fourth-order valence-corrected chi connectivity index (χ4v) is 2.58. The molecular formula is C16H22ClN3. The first-order valence-corrected chi connectivity index (χ1v) is 7.55. The van der Waals surface area contributed by atoms with Crippen molar-refractivity contribution in [1.29, 1.82) is 0 Å². The zero-order chi connectivity index (χ0) is 14.5. The van der Waals surface area contributed by atoms with Gasteiger partial charge in [-0.15, -0.1) is 0 Å². The maximum absolute atomic E-state index is 6.30. The van der Waals surface area contributed by atoms with Gasteiger partial charge in [0.1, 0.15) is 0 Å². The van der Waals surface area contributed by atoms with E-state index in [1.54, 1.807) is 0 Å². The summed E-state index contributed by atoms with van der Waals surface area (Å²) in [6.45, 7) is 7.29. The first-order chi connectivity index (χ1) is 9.63. The molecule has 0 fully saturated rings. The number of nitrogens with zero attached hydrogens (tertiary/aromatic N) is 2. The maximum Gasteiger partial charge on any atom is 0.203 e. The van der Waals surface area contributed by atoms with Crippen molar-refractivity contribution in [2.75, 3.05) is 11.9 Å². The SMILES string of the molecule is CCCCNc1nc(C)cn1C(C)c1ccccc1Cl. The van der Waals surface area contributed by atoms with Gasteiger partial charge in [0.2, 0.25) is 5.95 Å². The van der Waals surface area contributed by atoms with Crippen LogP contribution in [0.25, 0.3) is 0 Å². The number of hydrogen-bond acceptors (Lipinski definition) is 2. The minimum Gasteiger partial charge on any atom is -0.356 e. The third-order valence-electron chi connectivity index (χ3n) is 3.44. The van der Waals surface area contributed by atoms with E-state index >= 15 is 0 Å². The molecule has 0 aliphatic heterocycles. The summed E-state index contributed by atoms with van der Waals surface area (Å²) in [6.07, 6.45) is 4.39. The monoisotopic (exact) mass is 291 g/mol. The number of aromatic nitrogens is 2. The molecule has 0 saturated carbocycles. The number of benzene rings is 1. The molecule has 0 radical (unpaired) electrons. The minimum atomic E-state index is 0.161. The topological polar surface area (TPSA) is 29.9 Å². The van der Waals surface area contributed by atoms with Crippen LogP contribution in [-0.4, -0.2) is 16.1 Å². The normalized spacial score (nSPS) is 12.4. The van der Waals surface area contributed by atoms with E-state index in [1.165, 1.54) is 6.42 Å². The molecule has 0 amide bonds. The van der Waals surface area contributed by atoms with Gasteiger partial charge >= 0.3 is 0 Å². The lowest BCUT2D eigenvalue weighted by molar-refractivity contribution is 0.641. The van der Waals surface area contributed by atoms with E-state index in [-0.39, 0.29) is 6.04 Å². The van der Waals surface area contributed by atoms with Crippen molar-refractivity contribution in [2.24, 2.45) is 0 Å². The molecule has 1 unspecified atom stereocenters. The van der Waals surface area contributed by atoms with Gasteiger partial charge in [-0.3, -0.25) is 0 Å². The van der Waals surface area contributed by atoms with Crippen molar-refractivity contribution >= 4 is 17.5 Å². The zero-order valence-corrected chi connectivity index (χ0v) is 13.1. The van der Waals surface area contributed by atoms with Crippen molar-refractivity contribution < 1.29 is 0 Å². The number of aryl methyl sites for hydroxylation is 1. The Kier molecular flexibility index (Phi) is 5.07. The van der Waals surface area contributed by atoms with E-state index in [2.05, 4.69) is 41.0 Å². The van der Waals surface area contributed by atoms with Crippen molar-refractivity contribution in [3.05, 3.63) is 46.7 Å². The lowest BCUT2D eigenvalue weighted by Crippen LogP contribution is -2.12. The predicted molar refractivity (Wildman–Crippen MR) is 85.6 cm³/mol. The van der Waals surface area contributed by atoms with Gasteiger partial charge in [-0.1, -0.05) is 43.1 Å². The van der Waals surface area contributed by atoms with Gasteiger partial charge in [0.15, 0.2) is 0 Å². The Morgan fingerprint density at radius 1 is 1.35 bits per heavy atom. The quantitative estimate of drug-likeness (QED) is 0.784. The average Bonchev–Trinajstić information content (AvgIpc) is 2.80. The lowest BCUT2D eigenvalue weighted by atomic mass is 10.1. The smallest absolute Gasteiger partial charge is 0.203 e. The molecular weight excluding hydrogens is 270 g/mol. The predicted octanol–water partition coefficient (Wildman–Crippen LogP) is 4.67. The minimum absolute atomic E-state index is 0.161. The van der Waals surface area contributed by atoms with Crippen LogP contribution in [0.5, 0.6) is 0 Å². The summed E-state index contributed by atoms with van der Waals surface area (Å²) in [5.41, 5.74) is 2.13. The van der Waals surface area contributed by atoms with E-state index in [9.17, 15) is 0 Å². The zero-order valence-electron chi connectivity index (χ0n) is 12.4. The van der Waals surface area contributed by atoms with Crippen LogP contribution in [0.2, 0.25) is 5.02 Å². The molecule has 0 saturated heterocycles. The Morgan fingerprint density at radius 2 is 2.10 bits per heavy atom. The fraction of sp³-hybridized carbons (Fsp3) is 0.438. The molecule has 1 aromatic heterocycles. The highest BCUT2D eigenvalue weighted by molar-refractivity contribution is 6.31. The Bertz CT molecular complexity index is 563. The molecule has 108 valence electrons. The molecule has 3 nitrogen and oxygen atoms in total.